The Labute approximate surface area is 449 Å². The molecular formula is C36H49N9O21P4S5-4. The SMILES string of the molecule is CO[C@H]1C(OP(=S)([S-])OCCCO)[C@@H](COP([O-])(=S)OC2C[C@H](n3cc(C)c(=O)[nH]c3=O)O[C@@H]2COP(=O)([S-])OC2C[C@H](n3cnc4c(=O)[nH]c(N)nc43)O[C@@H]2COP([O-])(=S)OC(C)C)O[C@H]1n1ccc(=O)[nH]c1=O. The van der Waals surface area contributed by atoms with Crippen molar-refractivity contribution in [1.29, 1.82) is 0 Å². The number of aliphatic hydroxyl groups is 1. The number of imidazole rings is 1. The van der Waals surface area contributed by atoms with Crippen molar-refractivity contribution in [2.75, 3.05) is 45.9 Å². The fourth-order valence-electron chi connectivity index (χ4n) is 7.89. The first-order valence-electron chi connectivity index (χ1n) is 22.2. The molecular weight excluding hydrogens is 1180 g/mol. The number of methoxy groups -OCH3 is 1. The number of aromatic nitrogens is 8. The van der Waals surface area contributed by atoms with Crippen LogP contribution in [0, 0.1) is 6.92 Å². The van der Waals surface area contributed by atoms with E-state index in [2.05, 4.69) is 24.9 Å². The predicted octanol–water partition coefficient (Wildman–Crippen LogP) is -0.777. The summed E-state index contributed by atoms with van der Waals surface area (Å²) in [5.41, 5.74) is -1.58. The van der Waals surface area contributed by atoms with Crippen LogP contribution in [-0.2, 0) is 120 Å². The molecule has 7 rings (SSSR count). The number of nitrogens with zero attached hydrogens (tertiary/aromatic N) is 5. The molecule has 6 N–H and O–H groups in total. The lowest BCUT2D eigenvalue weighted by Gasteiger charge is -2.36. The maximum absolute atomic E-state index is 14.2. The van der Waals surface area contributed by atoms with Crippen LogP contribution < -0.4 is 43.6 Å². The number of nitrogens with two attached hydrogens (primary N) is 1. The van der Waals surface area contributed by atoms with E-state index in [1.165, 1.54) is 31.1 Å². The van der Waals surface area contributed by atoms with Gasteiger partial charge < -0.3 is 100 Å². The Morgan fingerprint density at radius 2 is 1.47 bits per heavy atom. The molecule has 418 valence electrons. The molecule has 75 heavy (non-hydrogen) atoms. The first-order chi connectivity index (χ1) is 35.2. The third-order valence-electron chi connectivity index (χ3n) is 11.1. The van der Waals surface area contributed by atoms with E-state index in [9.17, 15) is 43.4 Å². The minimum Gasteiger partial charge on any atom is -0.780 e. The minimum atomic E-state index is -4.73. The van der Waals surface area contributed by atoms with Crippen LogP contribution in [0.25, 0.3) is 11.2 Å². The zero-order valence-corrected chi connectivity index (χ0v) is 47.2. The fourth-order valence-corrected chi connectivity index (χ4v) is 14.4. The van der Waals surface area contributed by atoms with E-state index >= 15 is 0 Å². The third kappa shape index (κ3) is 15.6. The molecule has 0 bridgehead atoms. The summed E-state index contributed by atoms with van der Waals surface area (Å²) < 4.78 is 87.0. The highest BCUT2D eigenvalue weighted by Crippen LogP contribution is 2.54. The number of H-pyrrole nitrogens is 3. The lowest BCUT2D eigenvalue weighted by molar-refractivity contribution is -0.215. The van der Waals surface area contributed by atoms with Crippen molar-refractivity contribution < 1.29 is 74.6 Å². The molecule has 0 saturated carbocycles. The number of hydrogen-bond acceptors (Lipinski definition) is 29. The third-order valence-corrected chi connectivity index (χ3v) is 18.1. The molecule has 4 aromatic rings. The zero-order valence-electron chi connectivity index (χ0n) is 39.6. The van der Waals surface area contributed by atoms with Gasteiger partial charge in [0.05, 0.1) is 56.8 Å². The second-order valence-electron chi connectivity index (χ2n) is 16.9. The molecule has 4 aromatic heterocycles. The van der Waals surface area contributed by atoms with Crippen molar-refractivity contribution in [3.8, 4) is 0 Å². The second kappa shape index (κ2) is 25.1. The Morgan fingerprint density at radius 3 is 2.12 bits per heavy atom. The number of nitrogens with one attached hydrogen (secondary N) is 3. The zero-order chi connectivity index (χ0) is 54.8. The summed E-state index contributed by atoms with van der Waals surface area (Å²) in [6.45, 7) is -11.2. The largest absolute Gasteiger partial charge is 0.780 e. The van der Waals surface area contributed by atoms with E-state index in [4.69, 9.17) is 121 Å². The summed E-state index contributed by atoms with van der Waals surface area (Å²) in [6.07, 6.45) is -10.1. The summed E-state index contributed by atoms with van der Waals surface area (Å²) in [7, 11) is 1.26. The van der Waals surface area contributed by atoms with Gasteiger partial charge in [-0.25, -0.2) is 14.6 Å². The van der Waals surface area contributed by atoms with E-state index in [-0.39, 0.29) is 55.2 Å². The summed E-state index contributed by atoms with van der Waals surface area (Å²) in [6, 6.07) is 1.05. The molecule has 7 heterocycles. The Kier molecular flexibility index (Phi) is 20.2. The van der Waals surface area contributed by atoms with Crippen LogP contribution in [0.3, 0.4) is 0 Å². The summed E-state index contributed by atoms with van der Waals surface area (Å²) in [5, 5.41) is 9.26. The smallest absolute Gasteiger partial charge is 0.330 e. The number of hydrogen-bond donors (Lipinski definition) is 5. The maximum atomic E-state index is 14.2. The van der Waals surface area contributed by atoms with Gasteiger partial charge in [0, 0.05) is 50.6 Å². The molecule has 3 aliphatic rings. The average molecular weight is 1230 g/mol. The second-order valence-corrected chi connectivity index (χ2v) is 29.9. The van der Waals surface area contributed by atoms with Gasteiger partial charge in [-0.15, -0.1) is 0 Å². The van der Waals surface area contributed by atoms with Gasteiger partial charge in [0.1, 0.15) is 56.4 Å². The van der Waals surface area contributed by atoms with Gasteiger partial charge in [0.15, 0.2) is 24.2 Å². The predicted molar refractivity (Wildman–Crippen MR) is 273 cm³/mol. The molecule has 7 unspecified atom stereocenters. The number of ether oxygens (including phenoxy) is 4. The van der Waals surface area contributed by atoms with Crippen LogP contribution in [0.2, 0.25) is 0 Å². The number of aromatic amines is 3. The summed E-state index contributed by atoms with van der Waals surface area (Å²) >= 11 is 26.6. The Bertz CT molecular complexity index is 3200. The van der Waals surface area contributed by atoms with Gasteiger partial charge in [0.2, 0.25) is 5.95 Å². The average Bonchev–Trinajstić information content (AvgIpc) is 4.09. The molecule has 3 fully saturated rings. The molecule has 3 aliphatic heterocycles. The fraction of sp³-hybridized carbons (Fsp3) is 0.639. The van der Waals surface area contributed by atoms with E-state index < -0.39 is 141 Å². The highest BCUT2D eigenvalue weighted by Gasteiger charge is 2.49. The molecule has 3 saturated heterocycles. The number of aliphatic hydroxyl groups excluding tert-OH is 1. The molecule has 0 spiro atoms. The first-order valence-corrected chi connectivity index (χ1v) is 33.5. The van der Waals surface area contributed by atoms with Crippen LogP contribution in [0.15, 0.2) is 48.8 Å². The van der Waals surface area contributed by atoms with Crippen molar-refractivity contribution in [3.63, 3.8) is 0 Å². The molecule has 0 radical (unpaired) electrons. The van der Waals surface area contributed by atoms with E-state index in [0.29, 0.717) is 0 Å². The highest BCUT2D eigenvalue weighted by molar-refractivity contribution is 8.51. The van der Waals surface area contributed by atoms with E-state index in [1.54, 1.807) is 13.8 Å². The van der Waals surface area contributed by atoms with Crippen LogP contribution in [0.5, 0.6) is 0 Å². The standard InChI is InChI=1S/C36H53N9O21P4S5/c1-17(2)63-67(52,71)57-13-22-20(11-26(61-22)45-16-38-27-30(45)40-34(37)41-32(27)49)65-68(53,72)58-14-21-19(10-25(60-21)44-12-18(3)31(48)42-36(44)51)64-69(54,73)59-15-23-28(66-70(74,75)56-9-5-8-46)29(55-4)33(62-23)43-7-6-24(47)39-35(43)50/h6-7,12,16-17,19-23,25-26,28-29,33,46H,5,8-11,13-15H2,1-4H3,(H,52,71)(H,53,72)(H,54,73)(H,74,75)(H,39,47,50)(H,42,48,51)(H3,37,40,41,49)/p-4/t19?,20?,21-,22-,23-,25-,26-,28?,29+,33-,67?,68?,69?/m1/s1. The summed E-state index contributed by atoms with van der Waals surface area (Å²) in [4.78, 5) is 105. The Hall–Kier alpha value is -2.21. The molecule has 30 nitrogen and oxygen atoms in total. The maximum Gasteiger partial charge on any atom is 0.330 e. The molecule has 14 atom stereocenters. The molecule has 0 aromatic carbocycles. The lowest BCUT2D eigenvalue weighted by atomic mass is 10.1. The van der Waals surface area contributed by atoms with Gasteiger partial charge in [0.25, 0.3) is 16.7 Å². The number of rotatable bonds is 25. The van der Waals surface area contributed by atoms with Crippen molar-refractivity contribution in [2.24, 2.45) is 0 Å². The lowest BCUT2D eigenvalue weighted by Crippen LogP contribution is -2.40. The van der Waals surface area contributed by atoms with Gasteiger partial charge in [-0.3, -0.25) is 47.6 Å². The van der Waals surface area contributed by atoms with Crippen LogP contribution in [-0.4, -0.2) is 133 Å². The number of anilines is 1. The summed E-state index contributed by atoms with van der Waals surface area (Å²) in [5.74, 6) is -0.229. The number of nitrogen functional groups attached to an aromatic ring is 1. The molecule has 39 heteroatoms. The quantitative estimate of drug-likeness (QED) is 0.0309. The monoisotopic (exact) mass is 1230 g/mol. The van der Waals surface area contributed by atoms with E-state index in [1.807, 2.05) is 0 Å². The molecule has 0 aliphatic carbocycles. The number of aryl methyl sites for hydroxylation is 1. The van der Waals surface area contributed by atoms with Gasteiger partial charge in [-0.05, 0) is 27.2 Å². The normalized spacial score (nSPS) is 28.3. The first kappa shape index (κ1) is 60.4. The number of fused-ring (bicyclic) bond motifs is 1. The van der Waals surface area contributed by atoms with Crippen molar-refractivity contribution in [1.82, 2.24) is 38.6 Å². The van der Waals surface area contributed by atoms with Crippen LogP contribution in [0.4, 0.5) is 5.95 Å². The van der Waals surface area contributed by atoms with Crippen molar-refractivity contribution in [3.05, 3.63) is 82.4 Å². The minimum absolute atomic E-state index is 0.0151. The Balaban J connectivity index is 1.10. The topological polar surface area (TPSA) is 393 Å². The Morgan fingerprint density at radius 1 is 0.840 bits per heavy atom. The van der Waals surface area contributed by atoms with Gasteiger partial charge in [-0.1, -0.05) is 35.4 Å². The van der Waals surface area contributed by atoms with Crippen LogP contribution in [0.1, 0.15) is 57.4 Å². The van der Waals surface area contributed by atoms with E-state index in [0.717, 1.165) is 21.4 Å². The highest BCUT2D eigenvalue weighted by atomic mass is 32.9. The van der Waals surface area contributed by atoms with Crippen molar-refractivity contribution >= 4 is 103 Å². The van der Waals surface area contributed by atoms with Crippen molar-refractivity contribution in [2.45, 2.75) is 108 Å². The van der Waals surface area contributed by atoms with Gasteiger partial charge in [-0.2, -0.15) is 4.98 Å². The van der Waals surface area contributed by atoms with Gasteiger partial charge >= 0.3 is 11.4 Å². The van der Waals surface area contributed by atoms with Crippen LogP contribution >= 0.6 is 25.9 Å². The molecule has 0 amide bonds.